The Morgan fingerprint density at radius 2 is 2.10 bits per heavy atom. The molecule has 3 heterocycles. The number of amides is 1. The summed E-state index contributed by atoms with van der Waals surface area (Å²) in [7, 11) is 0. The molecule has 110 valence electrons. The molecule has 1 amide bonds. The van der Waals surface area contributed by atoms with E-state index >= 15 is 0 Å². The zero-order valence-electron chi connectivity index (χ0n) is 12.3. The molecule has 0 aliphatic carbocycles. The molecule has 0 spiro atoms. The Morgan fingerprint density at radius 3 is 2.60 bits per heavy atom. The average molecular weight is 296 g/mol. The zero-order valence-corrected chi connectivity index (χ0v) is 13.1. The number of nitrogens with zero attached hydrogens (tertiary/aromatic N) is 4. The van der Waals surface area contributed by atoms with E-state index in [0.29, 0.717) is 6.04 Å². The highest BCUT2D eigenvalue weighted by Gasteiger charge is 2.47. The number of aryl methyl sites for hydroxylation is 1. The molecule has 7 heteroatoms. The summed E-state index contributed by atoms with van der Waals surface area (Å²) < 4.78 is 9.69. The molecular formula is C13H20N4O2S. The normalized spacial score (nSPS) is 25.4. The quantitative estimate of drug-likeness (QED) is 0.794. The number of hydrogen-bond acceptors (Lipinski definition) is 6. The Hall–Kier alpha value is -1.37. The first-order valence-corrected chi connectivity index (χ1v) is 7.67. The molecule has 2 saturated heterocycles. The van der Waals surface area contributed by atoms with Gasteiger partial charge in [-0.3, -0.25) is 0 Å². The van der Waals surface area contributed by atoms with Crippen LogP contribution in [-0.4, -0.2) is 51.1 Å². The molecule has 2 aliphatic heterocycles. The number of hydrogen-bond donors (Lipinski definition) is 0. The van der Waals surface area contributed by atoms with Gasteiger partial charge in [-0.25, -0.2) is 9.78 Å². The first-order chi connectivity index (χ1) is 9.33. The summed E-state index contributed by atoms with van der Waals surface area (Å²) in [6, 6.07) is 0.582. The SMILES string of the molecule is Cc1nsc(N2C[C@@H]3C[C@H]2CN3C(=O)OC(C)(C)C)n1. The van der Waals surface area contributed by atoms with Gasteiger partial charge in [0, 0.05) is 24.6 Å². The van der Waals surface area contributed by atoms with Crippen LogP contribution in [-0.2, 0) is 4.74 Å². The number of piperazine rings is 1. The molecule has 1 aromatic heterocycles. The number of fused-ring (bicyclic) bond motifs is 2. The first kappa shape index (κ1) is 13.6. The van der Waals surface area contributed by atoms with Crippen molar-refractivity contribution in [2.75, 3.05) is 18.0 Å². The topological polar surface area (TPSA) is 58.6 Å². The van der Waals surface area contributed by atoms with Gasteiger partial charge in [-0.05, 0) is 34.1 Å². The van der Waals surface area contributed by atoms with Crippen molar-refractivity contribution in [2.24, 2.45) is 0 Å². The molecule has 0 radical (unpaired) electrons. The molecule has 3 rings (SSSR count). The molecule has 0 N–H and O–H groups in total. The lowest BCUT2D eigenvalue weighted by Crippen LogP contribution is -2.50. The number of aromatic nitrogens is 2. The fourth-order valence-corrected chi connectivity index (χ4v) is 3.60. The van der Waals surface area contributed by atoms with Crippen LogP contribution in [0.15, 0.2) is 0 Å². The zero-order chi connectivity index (χ0) is 14.5. The van der Waals surface area contributed by atoms with E-state index in [0.717, 1.165) is 30.5 Å². The van der Waals surface area contributed by atoms with Gasteiger partial charge in [-0.1, -0.05) is 0 Å². The second kappa shape index (κ2) is 4.58. The predicted molar refractivity (Wildman–Crippen MR) is 77.1 cm³/mol. The standard InChI is InChI=1S/C13H20N4O2S/c1-8-14-11(20-15-8)16-6-10-5-9(16)7-17(10)12(18)19-13(2,3)4/h9-10H,5-7H2,1-4H3/t9-,10-/m0/s1. The Balaban J connectivity index is 1.66. The maximum atomic E-state index is 12.2. The van der Waals surface area contributed by atoms with E-state index in [-0.39, 0.29) is 12.1 Å². The summed E-state index contributed by atoms with van der Waals surface area (Å²) in [5.74, 6) is 0.816. The number of carbonyl (C=O) groups excluding carboxylic acids is 1. The number of likely N-dealkylation sites (tertiary alicyclic amines) is 1. The van der Waals surface area contributed by atoms with Crippen LogP contribution in [0.2, 0.25) is 0 Å². The third-order valence-corrected chi connectivity index (χ3v) is 4.48. The molecule has 1 aromatic rings. The summed E-state index contributed by atoms with van der Waals surface area (Å²) >= 11 is 1.44. The molecule has 2 bridgehead atoms. The van der Waals surface area contributed by atoms with Crippen LogP contribution in [0.3, 0.4) is 0 Å². The Bertz CT molecular complexity index is 525. The lowest BCUT2D eigenvalue weighted by molar-refractivity contribution is 0.0215. The van der Waals surface area contributed by atoms with Crippen molar-refractivity contribution < 1.29 is 9.53 Å². The lowest BCUT2D eigenvalue weighted by Gasteiger charge is -2.34. The van der Waals surface area contributed by atoms with E-state index < -0.39 is 5.60 Å². The van der Waals surface area contributed by atoms with Crippen LogP contribution in [0, 0.1) is 6.92 Å². The van der Waals surface area contributed by atoms with E-state index in [9.17, 15) is 4.79 Å². The fraction of sp³-hybridized carbons (Fsp3) is 0.769. The molecule has 0 unspecified atom stereocenters. The molecule has 2 atom stereocenters. The van der Waals surface area contributed by atoms with Crippen LogP contribution in [0.4, 0.5) is 9.93 Å². The number of ether oxygens (including phenoxy) is 1. The van der Waals surface area contributed by atoms with Crippen molar-refractivity contribution in [1.82, 2.24) is 14.3 Å². The van der Waals surface area contributed by atoms with Gasteiger partial charge >= 0.3 is 6.09 Å². The second-order valence-electron chi connectivity index (χ2n) is 6.45. The monoisotopic (exact) mass is 296 g/mol. The third-order valence-electron chi connectivity index (χ3n) is 3.63. The first-order valence-electron chi connectivity index (χ1n) is 6.90. The van der Waals surface area contributed by atoms with Gasteiger partial charge in [-0.2, -0.15) is 4.37 Å². The van der Waals surface area contributed by atoms with Crippen molar-refractivity contribution in [3.05, 3.63) is 5.82 Å². The van der Waals surface area contributed by atoms with Crippen LogP contribution in [0.1, 0.15) is 33.0 Å². The molecule has 2 fully saturated rings. The highest BCUT2D eigenvalue weighted by molar-refractivity contribution is 7.09. The van der Waals surface area contributed by atoms with Gasteiger partial charge in [-0.15, -0.1) is 0 Å². The molecule has 20 heavy (non-hydrogen) atoms. The van der Waals surface area contributed by atoms with Gasteiger partial charge < -0.3 is 14.5 Å². The summed E-state index contributed by atoms with van der Waals surface area (Å²) in [4.78, 5) is 20.7. The summed E-state index contributed by atoms with van der Waals surface area (Å²) in [6.07, 6.45) is 0.802. The maximum Gasteiger partial charge on any atom is 0.410 e. The lowest BCUT2D eigenvalue weighted by atomic mass is 10.2. The van der Waals surface area contributed by atoms with Crippen molar-refractivity contribution in [2.45, 2.75) is 51.8 Å². The number of carbonyl (C=O) groups is 1. The number of rotatable bonds is 1. The largest absolute Gasteiger partial charge is 0.444 e. The van der Waals surface area contributed by atoms with Crippen LogP contribution in [0.25, 0.3) is 0 Å². The molecule has 0 aromatic carbocycles. The minimum absolute atomic E-state index is 0.196. The van der Waals surface area contributed by atoms with Crippen LogP contribution >= 0.6 is 11.5 Å². The third kappa shape index (κ3) is 2.46. The highest BCUT2D eigenvalue weighted by Crippen LogP contribution is 2.35. The highest BCUT2D eigenvalue weighted by atomic mass is 32.1. The Labute approximate surface area is 122 Å². The van der Waals surface area contributed by atoms with Gasteiger partial charge in [0.1, 0.15) is 11.4 Å². The average Bonchev–Trinajstić information content (AvgIpc) is 2.99. The second-order valence-corrected chi connectivity index (χ2v) is 7.18. The summed E-state index contributed by atoms with van der Waals surface area (Å²) in [5.41, 5.74) is -0.436. The van der Waals surface area contributed by atoms with E-state index in [1.807, 2.05) is 32.6 Å². The maximum absolute atomic E-state index is 12.2. The van der Waals surface area contributed by atoms with Crippen molar-refractivity contribution in [1.29, 1.82) is 0 Å². The minimum Gasteiger partial charge on any atom is -0.444 e. The van der Waals surface area contributed by atoms with Crippen molar-refractivity contribution in [3.63, 3.8) is 0 Å². The van der Waals surface area contributed by atoms with Crippen molar-refractivity contribution in [3.8, 4) is 0 Å². The smallest absolute Gasteiger partial charge is 0.410 e. The van der Waals surface area contributed by atoms with Crippen LogP contribution < -0.4 is 4.90 Å². The van der Waals surface area contributed by atoms with E-state index in [1.165, 1.54) is 11.5 Å². The molecule has 2 aliphatic rings. The fourth-order valence-electron chi connectivity index (χ4n) is 2.85. The molecule has 0 saturated carbocycles. The summed E-state index contributed by atoms with van der Waals surface area (Å²) in [5, 5.41) is 0.971. The van der Waals surface area contributed by atoms with Gasteiger partial charge in [0.2, 0.25) is 5.13 Å². The summed E-state index contributed by atoms with van der Waals surface area (Å²) in [6.45, 7) is 9.15. The van der Waals surface area contributed by atoms with E-state index in [2.05, 4.69) is 14.3 Å². The van der Waals surface area contributed by atoms with Gasteiger partial charge in [0.25, 0.3) is 0 Å². The minimum atomic E-state index is -0.436. The number of anilines is 1. The van der Waals surface area contributed by atoms with E-state index in [4.69, 9.17) is 4.74 Å². The van der Waals surface area contributed by atoms with Gasteiger partial charge in [0.05, 0.1) is 12.1 Å². The predicted octanol–water partition coefficient (Wildman–Crippen LogP) is 2.04. The molecular weight excluding hydrogens is 276 g/mol. The van der Waals surface area contributed by atoms with Crippen molar-refractivity contribution >= 4 is 22.8 Å². The Morgan fingerprint density at radius 1 is 1.35 bits per heavy atom. The van der Waals surface area contributed by atoms with E-state index in [1.54, 1.807) is 0 Å². The molecule has 6 nitrogen and oxygen atoms in total. The van der Waals surface area contributed by atoms with Crippen LogP contribution in [0.5, 0.6) is 0 Å². The Kier molecular flexibility index (Phi) is 3.12. The van der Waals surface area contributed by atoms with Gasteiger partial charge in [0.15, 0.2) is 0 Å².